The SMILES string of the molecule is C=CC1=C(/C=C\C)Cc2c1cccc2N(c1ccc(C2CCCCC2)cc1)c1cc(C(C)C)c2ccc3c(N(c4ccc(C5CCCC5)cc4)c4cccc5c4Cc4ccccc4-5)cc(C(C)C)c4ccc1c2c43. The molecule has 0 aromatic heterocycles. The minimum Gasteiger partial charge on any atom is -0.310 e. The second-order valence-electron chi connectivity index (χ2n) is 22.8. The third kappa shape index (κ3) is 7.65. The van der Waals surface area contributed by atoms with Crippen LogP contribution in [0.1, 0.15) is 161 Å². The minimum absolute atomic E-state index is 0.290. The summed E-state index contributed by atoms with van der Waals surface area (Å²) in [7, 11) is 0. The first kappa shape index (κ1) is 46.6. The summed E-state index contributed by atoms with van der Waals surface area (Å²) in [5.74, 6) is 1.88. The average molecular weight is 963 g/mol. The number of hydrogen-bond donors (Lipinski definition) is 0. The Labute approximate surface area is 440 Å². The van der Waals surface area contributed by atoms with E-state index in [0.29, 0.717) is 17.8 Å². The molecule has 0 radical (unpaired) electrons. The minimum atomic E-state index is 0.290. The molecule has 13 rings (SSSR count). The lowest BCUT2D eigenvalue weighted by atomic mass is 9.83. The monoisotopic (exact) mass is 963 g/mol. The van der Waals surface area contributed by atoms with Crippen molar-refractivity contribution in [2.24, 2.45) is 0 Å². The van der Waals surface area contributed by atoms with E-state index >= 15 is 0 Å². The van der Waals surface area contributed by atoms with Crippen molar-refractivity contribution in [3.8, 4) is 11.1 Å². The summed E-state index contributed by atoms with van der Waals surface area (Å²) < 4.78 is 0. The van der Waals surface area contributed by atoms with Gasteiger partial charge in [-0.05, 0) is 193 Å². The number of hydrogen-bond acceptors (Lipinski definition) is 2. The van der Waals surface area contributed by atoms with Crippen LogP contribution >= 0.6 is 0 Å². The van der Waals surface area contributed by atoms with E-state index in [1.54, 1.807) is 0 Å². The zero-order valence-corrected chi connectivity index (χ0v) is 44.3. The molecule has 9 aromatic carbocycles. The van der Waals surface area contributed by atoms with Crippen molar-refractivity contribution in [1.82, 2.24) is 0 Å². The highest BCUT2D eigenvalue weighted by molar-refractivity contribution is 6.29. The summed E-state index contributed by atoms with van der Waals surface area (Å²) in [5.41, 5.74) is 23.9. The molecule has 4 aliphatic carbocycles. The number of benzene rings is 9. The first-order valence-corrected chi connectivity index (χ1v) is 28.2. The maximum atomic E-state index is 4.35. The lowest BCUT2D eigenvalue weighted by Gasteiger charge is -2.33. The normalized spacial score (nSPS) is 15.9. The zero-order chi connectivity index (χ0) is 50.2. The first-order valence-electron chi connectivity index (χ1n) is 28.2. The van der Waals surface area contributed by atoms with Gasteiger partial charge in [0.2, 0.25) is 0 Å². The highest BCUT2D eigenvalue weighted by atomic mass is 15.2. The van der Waals surface area contributed by atoms with E-state index in [4.69, 9.17) is 0 Å². The third-order valence-electron chi connectivity index (χ3n) is 17.9. The van der Waals surface area contributed by atoms with E-state index in [2.05, 4.69) is 215 Å². The molecule has 0 atom stereocenters. The van der Waals surface area contributed by atoms with Gasteiger partial charge < -0.3 is 9.80 Å². The molecule has 0 bridgehead atoms. The zero-order valence-electron chi connectivity index (χ0n) is 44.3. The van der Waals surface area contributed by atoms with Crippen LogP contribution in [0, 0.1) is 0 Å². The molecular weight excluding hydrogens is 893 g/mol. The van der Waals surface area contributed by atoms with E-state index in [0.717, 1.165) is 12.8 Å². The molecule has 0 unspecified atom stereocenters. The topological polar surface area (TPSA) is 6.48 Å². The second kappa shape index (κ2) is 19.0. The summed E-state index contributed by atoms with van der Waals surface area (Å²) in [4.78, 5) is 5.28. The van der Waals surface area contributed by atoms with Crippen LogP contribution in [0.15, 0.2) is 176 Å². The highest BCUT2D eigenvalue weighted by Gasteiger charge is 2.31. The summed E-state index contributed by atoms with van der Waals surface area (Å²) in [6.45, 7) is 16.0. The molecule has 2 heteroatoms. The molecule has 2 saturated carbocycles. The van der Waals surface area contributed by atoms with E-state index in [-0.39, 0.29) is 5.92 Å². The molecule has 0 N–H and O–H groups in total. The number of fused-ring (bicyclic) bond motifs is 4. The van der Waals surface area contributed by atoms with Gasteiger partial charge in [0.1, 0.15) is 0 Å². The summed E-state index contributed by atoms with van der Waals surface area (Å²) in [6.07, 6.45) is 20.2. The average Bonchev–Trinajstić information content (AvgIpc) is 4.20. The van der Waals surface area contributed by atoms with Crippen LogP contribution < -0.4 is 9.80 Å². The molecule has 0 amide bonds. The van der Waals surface area contributed by atoms with Gasteiger partial charge >= 0.3 is 0 Å². The fourth-order valence-corrected chi connectivity index (χ4v) is 14.3. The van der Waals surface area contributed by atoms with Crippen LogP contribution in [0.5, 0.6) is 0 Å². The van der Waals surface area contributed by atoms with Gasteiger partial charge in [-0.15, -0.1) is 0 Å². The van der Waals surface area contributed by atoms with Crippen LogP contribution in [0.3, 0.4) is 0 Å². The van der Waals surface area contributed by atoms with Gasteiger partial charge in [0.25, 0.3) is 0 Å². The predicted molar refractivity (Wildman–Crippen MR) is 319 cm³/mol. The molecular formula is C72H70N2. The van der Waals surface area contributed by atoms with Crippen molar-refractivity contribution < 1.29 is 0 Å². The maximum Gasteiger partial charge on any atom is 0.0543 e. The van der Waals surface area contributed by atoms with E-state index < -0.39 is 0 Å². The highest BCUT2D eigenvalue weighted by Crippen LogP contribution is 2.54. The van der Waals surface area contributed by atoms with E-state index in [1.165, 1.54) is 191 Å². The van der Waals surface area contributed by atoms with E-state index in [9.17, 15) is 0 Å². The molecule has 0 spiro atoms. The van der Waals surface area contributed by atoms with Gasteiger partial charge in [0.05, 0.1) is 22.7 Å². The van der Waals surface area contributed by atoms with Crippen molar-refractivity contribution in [1.29, 1.82) is 0 Å². The molecule has 0 saturated heterocycles. The summed E-state index contributed by atoms with van der Waals surface area (Å²) in [6, 6.07) is 57.6. The quantitative estimate of drug-likeness (QED) is 0.113. The largest absolute Gasteiger partial charge is 0.310 e. The molecule has 4 aliphatic rings. The Bertz CT molecular complexity index is 3680. The molecule has 74 heavy (non-hydrogen) atoms. The molecule has 2 fully saturated rings. The van der Waals surface area contributed by atoms with Gasteiger partial charge in [-0.1, -0.05) is 182 Å². The van der Waals surface area contributed by atoms with Gasteiger partial charge in [-0.25, -0.2) is 0 Å². The number of rotatable bonds is 12. The molecule has 9 aromatic rings. The van der Waals surface area contributed by atoms with Gasteiger partial charge in [-0.2, -0.15) is 0 Å². The third-order valence-corrected chi connectivity index (χ3v) is 17.9. The van der Waals surface area contributed by atoms with Crippen LogP contribution in [0.2, 0.25) is 0 Å². The Morgan fingerprint density at radius 2 is 0.946 bits per heavy atom. The predicted octanol–water partition coefficient (Wildman–Crippen LogP) is 21.1. The smallest absolute Gasteiger partial charge is 0.0543 e. The molecule has 0 heterocycles. The van der Waals surface area contributed by atoms with Crippen molar-refractivity contribution in [3.05, 3.63) is 220 Å². The Hall–Kier alpha value is -7.16. The Balaban J connectivity index is 1.08. The van der Waals surface area contributed by atoms with Crippen LogP contribution in [-0.2, 0) is 12.8 Å². The van der Waals surface area contributed by atoms with Crippen LogP contribution in [0.25, 0.3) is 49.0 Å². The fraction of sp³-hybridized carbons (Fsp3) is 0.278. The number of anilines is 6. The second-order valence-corrected chi connectivity index (χ2v) is 22.8. The number of nitrogens with zero attached hydrogens (tertiary/aromatic N) is 2. The van der Waals surface area contributed by atoms with Crippen LogP contribution in [0.4, 0.5) is 34.1 Å². The van der Waals surface area contributed by atoms with Gasteiger partial charge in [0, 0.05) is 35.0 Å². The van der Waals surface area contributed by atoms with Gasteiger partial charge in [-0.3, -0.25) is 0 Å². The lowest BCUT2D eigenvalue weighted by molar-refractivity contribution is 0.443. The van der Waals surface area contributed by atoms with Crippen molar-refractivity contribution in [3.63, 3.8) is 0 Å². The number of allylic oxidation sites excluding steroid dienone is 5. The van der Waals surface area contributed by atoms with Crippen molar-refractivity contribution in [2.45, 2.75) is 129 Å². The molecule has 2 nitrogen and oxygen atoms in total. The first-order chi connectivity index (χ1) is 36.3. The maximum absolute atomic E-state index is 4.35. The Morgan fingerprint density at radius 3 is 1.46 bits per heavy atom. The standard InChI is InChI=1S/C72H70N2/c1-7-18-51-41-65-57(55(51)8-2)25-16-27-67(65)73(53-33-29-49(30-34-53)47-19-10-9-11-20-47)69-43-63(45(3)4)59-38-40-62-70(44-64(46(5)6)60-37-39-61(69)71(59)72(60)62)74(54-35-31-50(32-36-54)48-21-12-13-22-48)68-28-17-26-58-56-24-15-14-23-52(56)42-66(58)68/h7-8,14-18,23-40,43-48H,2,9-13,19-22,41-42H2,1,3-6H3/b18-7-. The fourth-order valence-electron chi connectivity index (χ4n) is 14.3. The van der Waals surface area contributed by atoms with Gasteiger partial charge in [0.15, 0.2) is 0 Å². The summed E-state index contributed by atoms with van der Waals surface area (Å²) >= 11 is 0. The van der Waals surface area contributed by atoms with E-state index in [1.807, 2.05) is 0 Å². The Morgan fingerprint density at radius 1 is 0.473 bits per heavy atom. The van der Waals surface area contributed by atoms with Crippen LogP contribution in [-0.4, -0.2) is 0 Å². The Kier molecular flexibility index (Phi) is 11.9. The molecule has 0 aliphatic heterocycles. The lowest BCUT2D eigenvalue weighted by Crippen LogP contribution is -2.15. The van der Waals surface area contributed by atoms with Crippen molar-refractivity contribution >= 4 is 72.0 Å². The molecule has 368 valence electrons. The summed E-state index contributed by atoms with van der Waals surface area (Å²) in [5, 5.41) is 8.01. The van der Waals surface area contributed by atoms with Crippen molar-refractivity contribution in [2.75, 3.05) is 9.80 Å².